The van der Waals surface area contributed by atoms with Crippen molar-refractivity contribution >= 4 is 17.5 Å². The molecular weight excluding hydrogens is 352 g/mol. The Bertz CT molecular complexity index is 878. The maximum Gasteiger partial charge on any atom is 0.223 e. The molecule has 3 rings (SSSR count). The van der Waals surface area contributed by atoms with Crippen molar-refractivity contribution in [2.75, 3.05) is 31.1 Å². The van der Waals surface area contributed by atoms with Gasteiger partial charge in [0.15, 0.2) is 5.78 Å². The van der Waals surface area contributed by atoms with Crippen molar-refractivity contribution in [1.29, 1.82) is 5.26 Å². The smallest absolute Gasteiger partial charge is 0.223 e. The number of rotatable bonds is 6. The Hall–Kier alpha value is -3.20. The SMILES string of the molecule is CCc1ccc(C(=O)CCC(=O)N2CCN(c3ncccc3C#N)CC2)cc1. The highest BCUT2D eigenvalue weighted by Gasteiger charge is 2.23. The minimum atomic E-state index is -0.000272. The monoisotopic (exact) mass is 376 g/mol. The molecule has 2 heterocycles. The Labute approximate surface area is 165 Å². The largest absolute Gasteiger partial charge is 0.352 e. The zero-order chi connectivity index (χ0) is 19.9. The molecule has 1 aliphatic heterocycles. The second kappa shape index (κ2) is 9.14. The van der Waals surface area contributed by atoms with Crippen molar-refractivity contribution in [2.45, 2.75) is 26.2 Å². The van der Waals surface area contributed by atoms with Crippen LogP contribution in [0.1, 0.15) is 41.3 Å². The number of piperazine rings is 1. The third kappa shape index (κ3) is 4.55. The van der Waals surface area contributed by atoms with Crippen LogP contribution in [0.25, 0.3) is 0 Å². The van der Waals surface area contributed by atoms with Gasteiger partial charge in [0, 0.05) is 50.8 Å². The third-order valence-electron chi connectivity index (χ3n) is 5.09. The number of benzene rings is 1. The zero-order valence-corrected chi connectivity index (χ0v) is 16.1. The van der Waals surface area contributed by atoms with E-state index < -0.39 is 0 Å². The van der Waals surface area contributed by atoms with Gasteiger partial charge in [-0.15, -0.1) is 0 Å². The van der Waals surface area contributed by atoms with Gasteiger partial charge in [0.1, 0.15) is 11.9 Å². The number of nitriles is 1. The summed E-state index contributed by atoms with van der Waals surface area (Å²) >= 11 is 0. The van der Waals surface area contributed by atoms with Crippen LogP contribution < -0.4 is 4.90 Å². The average molecular weight is 376 g/mol. The van der Waals surface area contributed by atoms with E-state index in [1.54, 1.807) is 23.2 Å². The fourth-order valence-electron chi connectivity index (χ4n) is 3.35. The van der Waals surface area contributed by atoms with E-state index in [1.807, 2.05) is 29.2 Å². The van der Waals surface area contributed by atoms with Gasteiger partial charge in [-0.2, -0.15) is 5.26 Å². The second-order valence-corrected chi connectivity index (χ2v) is 6.83. The summed E-state index contributed by atoms with van der Waals surface area (Å²) in [6.07, 6.45) is 3.06. The first-order valence-corrected chi connectivity index (χ1v) is 9.62. The molecule has 1 aromatic heterocycles. The fraction of sp³-hybridized carbons (Fsp3) is 0.364. The molecule has 1 saturated heterocycles. The highest BCUT2D eigenvalue weighted by molar-refractivity contribution is 5.98. The summed E-state index contributed by atoms with van der Waals surface area (Å²) in [5, 5.41) is 9.22. The lowest BCUT2D eigenvalue weighted by atomic mass is 10.0. The number of carbonyl (C=O) groups excluding carboxylic acids is 2. The van der Waals surface area contributed by atoms with E-state index in [9.17, 15) is 14.9 Å². The lowest BCUT2D eigenvalue weighted by molar-refractivity contribution is -0.131. The Morgan fingerprint density at radius 2 is 1.79 bits per heavy atom. The molecule has 0 aliphatic carbocycles. The molecule has 1 amide bonds. The maximum atomic E-state index is 12.5. The molecule has 0 atom stereocenters. The molecule has 6 nitrogen and oxygen atoms in total. The number of hydrogen-bond acceptors (Lipinski definition) is 5. The molecule has 0 unspecified atom stereocenters. The summed E-state index contributed by atoms with van der Waals surface area (Å²) in [6.45, 7) is 4.47. The normalized spacial score (nSPS) is 13.9. The van der Waals surface area contributed by atoms with Crippen molar-refractivity contribution in [3.05, 3.63) is 59.3 Å². The molecule has 144 valence electrons. The predicted molar refractivity (Wildman–Crippen MR) is 107 cm³/mol. The molecule has 0 bridgehead atoms. The van der Waals surface area contributed by atoms with Gasteiger partial charge in [-0.1, -0.05) is 31.2 Å². The Morgan fingerprint density at radius 3 is 2.43 bits per heavy atom. The quantitative estimate of drug-likeness (QED) is 0.725. The number of aromatic nitrogens is 1. The molecule has 28 heavy (non-hydrogen) atoms. The van der Waals surface area contributed by atoms with Gasteiger partial charge in [0.25, 0.3) is 0 Å². The van der Waals surface area contributed by atoms with Crippen molar-refractivity contribution < 1.29 is 9.59 Å². The summed E-state index contributed by atoms with van der Waals surface area (Å²) in [5.41, 5.74) is 2.40. The van der Waals surface area contributed by atoms with Crippen LogP contribution in [0.3, 0.4) is 0 Å². The lowest BCUT2D eigenvalue weighted by Crippen LogP contribution is -2.49. The van der Waals surface area contributed by atoms with Crippen molar-refractivity contribution in [3.63, 3.8) is 0 Å². The fourth-order valence-corrected chi connectivity index (χ4v) is 3.35. The highest BCUT2D eigenvalue weighted by atomic mass is 16.2. The number of Topliss-reactive ketones (excluding diaryl/α,β-unsaturated/α-hetero) is 1. The summed E-state index contributed by atoms with van der Waals surface area (Å²) in [6, 6.07) is 13.2. The van der Waals surface area contributed by atoms with Gasteiger partial charge in [0.05, 0.1) is 5.56 Å². The third-order valence-corrected chi connectivity index (χ3v) is 5.09. The van der Waals surface area contributed by atoms with Crippen LogP contribution in [-0.4, -0.2) is 47.8 Å². The van der Waals surface area contributed by atoms with Gasteiger partial charge >= 0.3 is 0 Å². The van der Waals surface area contributed by atoms with Crippen LogP contribution in [0.15, 0.2) is 42.6 Å². The summed E-state index contributed by atoms with van der Waals surface area (Å²) in [7, 11) is 0. The standard InChI is InChI=1S/C22H24N4O2/c1-2-17-5-7-18(8-6-17)20(27)9-10-21(28)25-12-14-26(15-13-25)22-19(16-23)4-3-11-24-22/h3-8,11H,2,9-10,12-15H2,1H3. The van der Waals surface area contributed by atoms with Crippen LogP contribution in [0.5, 0.6) is 0 Å². The van der Waals surface area contributed by atoms with Crippen LogP contribution in [0.4, 0.5) is 5.82 Å². The van der Waals surface area contributed by atoms with E-state index in [0.717, 1.165) is 6.42 Å². The van der Waals surface area contributed by atoms with Crippen molar-refractivity contribution in [3.8, 4) is 6.07 Å². The Balaban J connectivity index is 1.50. The van der Waals surface area contributed by atoms with Crippen LogP contribution in [-0.2, 0) is 11.2 Å². The topological polar surface area (TPSA) is 77.3 Å². The molecule has 0 saturated carbocycles. The number of pyridine rings is 1. The summed E-state index contributed by atoms with van der Waals surface area (Å²) in [5.74, 6) is 0.671. The van der Waals surface area contributed by atoms with Gasteiger partial charge < -0.3 is 9.80 Å². The number of anilines is 1. The van der Waals surface area contributed by atoms with Gasteiger partial charge in [-0.05, 0) is 24.1 Å². The zero-order valence-electron chi connectivity index (χ0n) is 16.1. The molecule has 1 aromatic carbocycles. The molecular formula is C22H24N4O2. The number of nitrogens with zero attached hydrogens (tertiary/aromatic N) is 4. The van der Waals surface area contributed by atoms with E-state index in [1.165, 1.54) is 5.56 Å². The Morgan fingerprint density at radius 1 is 1.07 bits per heavy atom. The maximum absolute atomic E-state index is 12.5. The number of aryl methyl sites for hydroxylation is 1. The summed E-state index contributed by atoms with van der Waals surface area (Å²) < 4.78 is 0. The first-order valence-electron chi connectivity index (χ1n) is 9.62. The van der Waals surface area contributed by atoms with E-state index in [-0.39, 0.29) is 24.5 Å². The van der Waals surface area contributed by atoms with E-state index >= 15 is 0 Å². The van der Waals surface area contributed by atoms with Gasteiger partial charge in [-0.25, -0.2) is 4.98 Å². The number of carbonyl (C=O) groups is 2. The Kier molecular flexibility index (Phi) is 6.38. The number of ketones is 1. The molecule has 0 radical (unpaired) electrons. The minimum Gasteiger partial charge on any atom is -0.352 e. The molecule has 2 aromatic rings. The van der Waals surface area contributed by atoms with Crippen molar-refractivity contribution in [2.24, 2.45) is 0 Å². The summed E-state index contributed by atoms with van der Waals surface area (Å²) in [4.78, 5) is 32.9. The van der Waals surface area contributed by atoms with Crippen LogP contribution >= 0.6 is 0 Å². The van der Waals surface area contributed by atoms with Gasteiger partial charge in [-0.3, -0.25) is 9.59 Å². The average Bonchev–Trinajstić information content (AvgIpc) is 2.77. The minimum absolute atomic E-state index is 0.000272. The molecule has 6 heteroatoms. The van der Waals surface area contributed by atoms with E-state index in [2.05, 4.69) is 18.0 Å². The molecule has 0 N–H and O–H groups in total. The van der Waals surface area contributed by atoms with Crippen LogP contribution in [0, 0.1) is 11.3 Å². The molecule has 0 spiro atoms. The van der Waals surface area contributed by atoms with Crippen LogP contribution in [0.2, 0.25) is 0 Å². The van der Waals surface area contributed by atoms with E-state index in [4.69, 9.17) is 0 Å². The predicted octanol–water partition coefficient (Wildman–Crippen LogP) is 2.83. The second-order valence-electron chi connectivity index (χ2n) is 6.83. The van der Waals surface area contributed by atoms with Gasteiger partial charge in [0.2, 0.25) is 5.91 Å². The molecule has 1 fully saturated rings. The first-order chi connectivity index (χ1) is 13.6. The highest BCUT2D eigenvalue weighted by Crippen LogP contribution is 2.18. The first kappa shape index (κ1) is 19.6. The lowest BCUT2D eigenvalue weighted by Gasteiger charge is -2.35. The number of hydrogen-bond donors (Lipinski definition) is 0. The number of amides is 1. The molecule has 1 aliphatic rings. The van der Waals surface area contributed by atoms with E-state index in [0.29, 0.717) is 43.1 Å². The van der Waals surface area contributed by atoms with Crippen molar-refractivity contribution in [1.82, 2.24) is 9.88 Å².